The third-order valence-corrected chi connectivity index (χ3v) is 7.12. The summed E-state index contributed by atoms with van der Waals surface area (Å²) in [6, 6.07) is 5.90. The minimum absolute atomic E-state index is 0.000422. The van der Waals surface area contributed by atoms with Gasteiger partial charge in [0.25, 0.3) is 5.88 Å². The number of ether oxygens (including phenoxy) is 1. The van der Waals surface area contributed by atoms with Crippen LogP contribution in [0.1, 0.15) is 11.3 Å². The molecule has 4 rings (SSSR count). The third kappa shape index (κ3) is 3.04. The zero-order chi connectivity index (χ0) is 20.9. The van der Waals surface area contributed by atoms with Crippen molar-refractivity contribution < 1.29 is 18.1 Å². The first-order valence-corrected chi connectivity index (χ1v) is 10.0. The molecule has 0 saturated carbocycles. The molecular weight excluding hydrogens is 402 g/mol. The number of benzene rings is 1. The summed E-state index contributed by atoms with van der Waals surface area (Å²) in [6.07, 6.45) is 0. The molecule has 3 atom stereocenters. The van der Waals surface area contributed by atoms with E-state index in [1.165, 1.54) is 30.5 Å². The van der Waals surface area contributed by atoms with Crippen LogP contribution in [0.25, 0.3) is 0 Å². The fourth-order valence-electron chi connectivity index (χ4n) is 3.79. The van der Waals surface area contributed by atoms with E-state index in [4.69, 9.17) is 10.1 Å². The number of guanidine groups is 1. The van der Waals surface area contributed by atoms with E-state index in [0.717, 1.165) is 0 Å². The second kappa shape index (κ2) is 6.99. The Morgan fingerprint density at radius 3 is 2.66 bits per heavy atom. The molecule has 0 radical (unpaired) electrons. The molecule has 0 amide bonds. The van der Waals surface area contributed by atoms with Crippen molar-refractivity contribution >= 4 is 23.3 Å². The zero-order valence-electron chi connectivity index (χ0n) is 16.1. The number of aromatic nitrogens is 2. The van der Waals surface area contributed by atoms with Gasteiger partial charge in [-0.05, 0) is 24.6 Å². The molecule has 2 saturated heterocycles. The number of anilines is 1. The smallest absolute Gasteiger partial charge is 0.255 e. The van der Waals surface area contributed by atoms with Crippen molar-refractivity contribution in [1.82, 2.24) is 19.6 Å². The average Bonchev–Trinajstić information content (AvgIpc) is 3.09. The van der Waals surface area contributed by atoms with E-state index in [1.807, 2.05) is 0 Å². The van der Waals surface area contributed by atoms with Crippen molar-refractivity contribution in [2.24, 2.45) is 0 Å². The lowest BCUT2D eigenvalue weighted by Crippen LogP contribution is -2.66. The maximum Gasteiger partial charge on any atom is 0.255 e. The summed E-state index contributed by atoms with van der Waals surface area (Å²) in [5.74, 6) is -0.950. The van der Waals surface area contributed by atoms with Gasteiger partial charge < -0.3 is 19.5 Å². The highest BCUT2D eigenvalue weighted by Crippen LogP contribution is 2.41. The monoisotopic (exact) mass is 422 g/mol. The van der Waals surface area contributed by atoms with Gasteiger partial charge in [0.05, 0.1) is 44.3 Å². The number of nitrogens with one attached hydrogen (secondary N) is 2. The summed E-state index contributed by atoms with van der Waals surface area (Å²) in [6.45, 7) is 2.07. The number of rotatable bonds is 3. The van der Waals surface area contributed by atoms with Gasteiger partial charge in [-0.2, -0.15) is 13.7 Å². The van der Waals surface area contributed by atoms with E-state index in [1.54, 1.807) is 24.1 Å². The summed E-state index contributed by atoms with van der Waals surface area (Å²) in [5.41, 5.74) is -0.0824. The van der Waals surface area contributed by atoms with E-state index in [0.29, 0.717) is 12.1 Å². The molecule has 8 nitrogen and oxygen atoms in total. The molecule has 2 fully saturated rings. The lowest BCUT2D eigenvalue weighted by atomic mass is 9.88. The fraction of sp³-hybridized carbons (Fsp3) is 0.389. The van der Waals surface area contributed by atoms with Gasteiger partial charge in [0, 0.05) is 0 Å². The quantitative estimate of drug-likeness (QED) is 0.719. The number of methoxy groups -OCH3 is 1. The Bertz CT molecular complexity index is 962. The first-order valence-electron chi connectivity index (χ1n) is 8.87. The van der Waals surface area contributed by atoms with Gasteiger partial charge in [-0.15, -0.1) is 0 Å². The normalized spacial score (nSPS) is 26.3. The number of aryl methyl sites for hydroxylation is 1. The Balaban J connectivity index is 1.79. The Hall–Kier alpha value is -2.66. The van der Waals surface area contributed by atoms with Crippen LogP contribution in [-0.2, 0) is 16.9 Å². The van der Waals surface area contributed by atoms with Crippen molar-refractivity contribution in [2.45, 2.75) is 17.7 Å². The van der Waals surface area contributed by atoms with Gasteiger partial charge in [0.1, 0.15) is 11.4 Å². The predicted molar refractivity (Wildman–Crippen MR) is 104 cm³/mol. The van der Waals surface area contributed by atoms with Gasteiger partial charge >= 0.3 is 0 Å². The van der Waals surface area contributed by atoms with Gasteiger partial charge in [0.15, 0.2) is 5.25 Å². The number of hydrogen-bond acceptors (Lipinski definition) is 6. The molecule has 2 N–H and O–H groups in total. The molecule has 11 heteroatoms. The summed E-state index contributed by atoms with van der Waals surface area (Å²) in [5, 5.41) is 10.9. The maximum atomic E-state index is 14.1. The number of halogens is 2. The van der Waals surface area contributed by atoms with Crippen LogP contribution >= 0.6 is 0 Å². The number of nitrogens with zero attached hydrogens (tertiary/aromatic N) is 4. The lowest BCUT2D eigenvalue weighted by Gasteiger charge is -2.43. The van der Waals surface area contributed by atoms with Crippen molar-refractivity contribution in [1.29, 1.82) is 5.41 Å². The van der Waals surface area contributed by atoms with Crippen LogP contribution in [-0.4, -0.2) is 57.3 Å². The van der Waals surface area contributed by atoms with E-state index in [-0.39, 0.29) is 35.8 Å². The molecule has 3 heterocycles. The molecule has 2 unspecified atom stereocenters. The first-order chi connectivity index (χ1) is 13.8. The largest absolute Gasteiger partial charge is 0.593 e. The van der Waals surface area contributed by atoms with Crippen molar-refractivity contribution in [3.05, 3.63) is 47.2 Å². The molecule has 0 aliphatic carbocycles. The van der Waals surface area contributed by atoms with Gasteiger partial charge in [-0.3, -0.25) is 5.41 Å². The number of hydrogen-bond donors (Lipinski definition) is 2. The van der Waals surface area contributed by atoms with Crippen LogP contribution in [0, 0.1) is 24.0 Å². The number of fused-ring (bicyclic) bond motifs is 1. The van der Waals surface area contributed by atoms with Gasteiger partial charge in [0.2, 0.25) is 17.7 Å². The minimum atomic E-state index is -1.53. The van der Waals surface area contributed by atoms with Crippen LogP contribution < -0.4 is 15.0 Å². The first kappa shape index (κ1) is 19.6. The van der Waals surface area contributed by atoms with Gasteiger partial charge in [-0.25, -0.2) is 9.37 Å². The van der Waals surface area contributed by atoms with Gasteiger partial charge in [-0.1, -0.05) is 12.1 Å². The average molecular weight is 422 g/mol. The van der Waals surface area contributed by atoms with Crippen molar-refractivity contribution in [3.63, 3.8) is 0 Å². The van der Waals surface area contributed by atoms with Crippen molar-refractivity contribution in [3.8, 4) is 5.88 Å². The maximum absolute atomic E-state index is 14.1. The van der Waals surface area contributed by atoms with Crippen LogP contribution in [0.2, 0.25) is 0 Å². The van der Waals surface area contributed by atoms with E-state index in [9.17, 15) is 13.3 Å². The SMILES string of the molecule is COc1nc(N2CC3[S+]([O-])N(C)C(=N)N[C@@]3(c3ccc(F)cc3)C2)nc(C)c1F. The molecule has 1 aromatic carbocycles. The van der Waals surface area contributed by atoms with Crippen LogP contribution in [0.4, 0.5) is 14.7 Å². The zero-order valence-corrected chi connectivity index (χ0v) is 16.9. The third-order valence-electron chi connectivity index (χ3n) is 5.36. The fourth-order valence-corrected chi connectivity index (χ4v) is 5.32. The highest BCUT2D eigenvalue weighted by Gasteiger charge is 2.60. The molecule has 2 aliphatic heterocycles. The van der Waals surface area contributed by atoms with E-state index in [2.05, 4.69) is 15.3 Å². The van der Waals surface area contributed by atoms with E-state index < -0.39 is 28.0 Å². The Labute approximate surface area is 169 Å². The second-order valence-electron chi connectivity index (χ2n) is 7.03. The Morgan fingerprint density at radius 1 is 1.31 bits per heavy atom. The molecule has 2 aliphatic rings. The Kier molecular flexibility index (Phi) is 4.74. The molecule has 154 valence electrons. The molecule has 1 aromatic heterocycles. The summed E-state index contributed by atoms with van der Waals surface area (Å²) >= 11 is -1.53. The topological polar surface area (TPSA) is 100 Å². The molecule has 29 heavy (non-hydrogen) atoms. The highest BCUT2D eigenvalue weighted by molar-refractivity contribution is 7.90. The summed E-state index contributed by atoms with van der Waals surface area (Å²) < 4.78 is 47.1. The standard InChI is InChI=1S/C18H20F2N6O2S/c1-10-14(20)15(28-3)23-17(22-10)26-8-13-18(9-26,11-4-6-12(19)7-5-11)24-16(21)25(2)29(13)27/h4-7,13H,8-9H2,1-3H3,(H2,21,24)/t13?,18-,29?/m1/s1. The molecule has 2 aromatic rings. The summed E-state index contributed by atoms with van der Waals surface area (Å²) in [4.78, 5) is 10.2. The highest BCUT2D eigenvalue weighted by atomic mass is 32.2. The van der Waals surface area contributed by atoms with Crippen LogP contribution in [0.15, 0.2) is 24.3 Å². The Morgan fingerprint density at radius 2 is 2.00 bits per heavy atom. The minimum Gasteiger partial charge on any atom is -0.593 e. The van der Waals surface area contributed by atoms with Crippen LogP contribution in [0.5, 0.6) is 5.88 Å². The van der Waals surface area contributed by atoms with Crippen LogP contribution in [0.3, 0.4) is 0 Å². The summed E-state index contributed by atoms with van der Waals surface area (Å²) in [7, 11) is 2.90. The molecule has 0 spiro atoms. The molecule has 0 bridgehead atoms. The van der Waals surface area contributed by atoms with E-state index >= 15 is 0 Å². The predicted octanol–water partition coefficient (Wildman–Crippen LogP) is 1.29. The lowest BCUT2D eigenvalue weighted by molar-refractivity contribution is 0.364. The second-order valence-corrected chi connectivity index (χ2v) is 8.70. The van der Waals surface area contributed by atoms with Crippen molar-refractivity contribution in [2.75, 3.05) is 32.1 Å². The molecular formula is C18H20F2N6O2S.